The number of piperidine rings is 1. The summed E-state index contributed by atoms with van der Waals surface area (Å²) in [6, 6.07) is 0.708. The molecule has 0 aromatic carbocycles. The highest BCUT2D eigenvalue weighted by molar-refractivity contribution is 5.04. The van der Waals surface area contributed by atoms with Crippen molar-refractivity contribution in [3.8, 4) is 0 Å². The van der Waals surface area contributed by atoms with E-state index in [0.717, 1.165) is 6.42 Å². The molecule has 0 aromatic rings. The summed E-state index contributed by atoms with van der Waals surface area (Å²) >= 11 is 0. The summed E-state index contributed by atoms with van der Waals surface area (Å²) in [4.78, 5) is 0. The molecule has 1 saturated heterocycles. The largest absolute Gasteiger partial charge is 0.393 e. The van der Waals surface area contributed by atoms with Gasteiger partial charge < -0.3 is 10.4 Å². The van der Waals surface area contributed by atoms with E-state index in [-0.39, 0.29) is 11.6 Å². The second kappa shape index (κ2) is 8.53. The summed E-state index contributed by atoms with van der Waals surface area (Å²) in [5.74, 6) is 0.500. The van der Waals surface area contributed by atoms with Crippen LogP contribution in [0.1, 0.15) is 97.3 Å². The standard InChI is InChI=1S/C19H37NO/c1-3-5-7-10-16-11-8-14-19(20-16)15-9-13-18(21)17(19)12-6-4-2/h16-18,20-21H,3-15H2,1-2H3/t16-,17-,18+,19-/m1/s1. The van der Waals surface area contributed by atoms with Gasteiger partial charge in [-0.25, -0.2) is 0 Å². The molecule has 2 fully saturated rings. The Kier molecular flexibility index (Phi) is 7.01. The second-order valence-electron chi connectivity index (χ2n) is 7.59. The van der Waals surface area contributed by atoms with Crippen LogP contribution >= 0.6 is 0 Å². The van der Waals surface area contributed by atoms with Crippen molar-refractivity contribution in [1.29, 1.82) is 0 Å². The normalized spacial score (nSPS) is 37.0. The van der Waals surface area contributed by atoms with Crippen LogP contribution in [0.15, 0.2) is 0 Å². The first kappa shape index (κ1) is 17.3. The lowest BCUT2D eigenvalue weighted by Crippen LogP contribution is -2.62. The number of aliphatic hydroxyl groups excluding tert-OH is 1. The number of rotatable bonds is 7. The quantitative estimate of drug-likeness (QED) is 0.661. The fourth-order valence-electron chi connectivity index (χ4n) is 4.84. The molecule has 2 nitrogen and oxygen atoms in total. The Hall–Kier alpha value is -0.0800. The van der Waals surface area contributed by atoms with E-state index in [1.54, 1.807) is 0 Å². The van der Waals surface area contributed by atoms with Crippen molar-refractivity contribution in [3.05, 3.63) is 0 Å². The zero-order valence-electron chi connectivity index (χ0n) is 14.4. The minimum Gasteiger partial charge on any atom is -0.393 e. The summed E-state index contributed by atoms with van der Waals surface area (Å²) in [7, 11) is 0. The summed E-state index contributed by atoms with van der Waals surface area (Å²) < 4.78 is 0. The van der Waals surface area contributed by atoms with Crippen LogP contribution in [0.5, 0.6) is 0 Å². The van der Waals surface area contributed by atoms with Gasteiger partial charge in [0.05, 0.1) is 6.10 Å². The molecule has 1 aliphatic heterocycles. The van der Waals surface area contributed by atoms with Crippen molar-refractivity contribution < 1.29 is 5.11 Å². The highest BCUT2D eigenvalue weighted by Gasteiger charge is 2.46. The number of hydrogen-bond donors (Lipinski definition) is 2. The molecule has 2 N–H and O–H groups in total. The van der Waals surface area contributed by atoms with Crippen LogP contribution < -0.4 is 5.32 Å². The fourth-order valence-corrected chi connectivity index (χ4v) is 4.84. The molecule has 4 atom stereocenters. The maximum absolute atomic E-state index is 10.6. The van der Waals surface area contributed by atoms with Crippen molar-refractivity contribution in [2.45, 2.75) is 115 Å². The Morgan fingerprint density at radius 3 is 2.38 bits per heavy atom. The van der Waals surface area contributed by atoms with E-state index in [0.29, 0.717) is 12.0 Å². The average Bonchev–Trinajstić information content (AvgIpc) is 2.47. The smallest absolute Gasteiger partial charge is 0.0586 e. The zero-order chi connectivity index (χ0) is 15.1. The topological polar surface area (TPSA) is 32.3 Å². The first-order chi connectivity index (χ1) is 10.2. The van der Waals surface area contributed by atoms with Crippen LogP contribution in [0.25, 0.3) is 0 Å². The number of unbranched alkanes of at least 4 members (excludes halogenated alkanes) is 3. The molecule has 0 radical (unpaired) electrons. The Morgan fingerprint density at radius 2 is 1.67 bits per heavy atom. The molecule has 0 aromatic heterocycles. The number of hydrogen-bond acceptors (Lipinski definition) is 2. The van der Waals surface area contributed by atoms with Crippen LogP contribution in [-0.2, 0) is 0 Å². The van der Waals surface area contributed by atoms with Crippen LogP contribution in [-0.4, -0.2) is 22.8 Å². The van der Waals surface area contributed by atoms with Crippen molar-refractivity contribution in [3.63, 3.8) is 0 Å². The third kappa shape index (κ3) is 4.45. The highest BCUT2D eigenvalue weighted by atomic mass is 16.3. The highest BCUT2D eigenvalue weighted by Crippen LogP contribution is 2.43. The van der Waals surface area contributed by atoms with Gasteiger partial charge in [-0.15, -0.1) is 0 Å². The molecule has 1 spiro atoms. The van der Waals surface area contributed by atoms with Gasteiger partial charge in [0.25, 0.3) is 0 Å². The summed E-state index contributed by atoms with van der Waals surface area (Å²) in [5.41, 5.74) is 0.266. The van der Waals surface area contributed by atoms with E-state index in [1.165, 1.54) is 77.0 Å². The summed E-state index contributed by atoms with van der Waals surface area (Å²) in [6.07, 6.45) is 16.6. The molecule has 124 valence electrons. The minimum absolute atomic E-state index is 0.0628. The maximum atomic E-state index is 10.6. The Morgan fingerprint density at radius 1 is 0.952 bits per heavy atom. The lowest BCUT2D eigenvalue weighted by atomic mass is 9.64. The van der Waals surface area contributed by atoms with Crippen LogP contribution in [0.3, 0.4) is 0 Å². The summed E-state index contributed by atoms with van der Waals surface area (Å²) in [5, 5.41) is 14.6. The van der Waals surface area contributed by atoms with Crippen molar-refractivity contribution >= 4 is 0 Å². The molecule has 21 heavy (non-hydrogen) atoms. The van der Waals surface area contributed by atoms with E-state index >= 15 is 0 Å². The van der Waals surface area contributed by atoms with E-state index in [2.05, 4.69) is 19.2 Å². The minimum atomic E-state index is -0.0628. The van der Waals surface area contributed by atoms with Crippen LogP contribution in [0, 0.1) is 5.92 Å². The van der Waals surface area contributed by atoms with E-state index in [4.69, 9.17) is 0 Å². The monoisotopic (exact) mass is 295 g/mol. The molecule has 1 aliphatic carbocycles. The lowest BCUT2D eigenvalue weighted by Gasteiger charge is -2.52. The Bertz CT molecular complexity index is 289. The zero-order valence-corrected chi connectivity index (χ0v) is 14.4. The molecular formula is C19H37NO. The van der Waals surface area contributed by atoms with Gasteiger partial charge in [-0.1, -0.05) is 52.4 Å². The van der Waals surface area contributed by atoms with Crippen LogP contribution in [0.2, 0.25) is 0 Å². The SMILES string of the molecule is CCCCC[C@@H]1CCC[C@]2(CCC[C@H](O)[C@H]2CCCC)N1. The second-order valence-corrected chi connectivity index (χ2v) is 7.59. The molecule has 2 rings (SSSR count). The summed E-state index contributed by atoms with van der Waals surface area (Å²) in [6.45, 7) is 4.55. The van der Waals surface area contributed by atoms with Crippen molar-refractivity contribution in [2.75, 3.05) is 0 Å². The van der Waals surface area contributed by atoms with E-state index in [9.17, 15) is 5.11 Å². The van der Waals surface area contributed by atoms with Gasteiger partial charge in [-0.2, -0.15) is 0 Å². The third-order valence-corrected chi connectivity index (χ3v) is 5.99. The van der Waals surface area contributed by atoms with Crippen molar-refractivity contribution in [2.24, 2.45) is 5.92 Å². The van der Waals surface area contributed by atoms with Gasteiger partial charge in [0.1, 0.15) is 0 Å². The van der Waals surface area contributed by atoms with Gasteiger partial charge in [0.15, 0.2) is 0 Å². The Labute approximate surface area is 132 Å². The molecule has 1 saturated carbocycles. The van der Waals surface area contributed by atoms with Gasteiger partial charge >= 0.3 is 0 Å². The van der Waals surface area contributed by atoms with Gasteiger partial charge in [-0.05, 0) is 44.9 Å². The predicted molar refractivity (Wildman–Crippen MR) is 90.5 cm³/mol. The van der Waals surface area contributed by atoms with Gasteiger partial charge in [-0.3, -0.25) is 0 Å². The third-order valence-electron chi connectivity index (χ3n) is 5.99. The molecular weight excluding hydrogens is 258 g/mol. The van der Waals surface area contributed by atoms with Gasteiger partial charge in [0.2, 0.25) is 0 Å². The predicted octanol–water partition coefficient (Wildman–Crippen LogP) is 4.80. The molecule has 0 bridgehead atoms. The Balaban J connectivity index is 1.98. The number of aliphatic hydroxyl groups is 1. The molecule has 1 heterocycles. The maximum Gasteiger partial charge on any atom is 0.0586 e. The fraction of sp³-hybridized carbons (Fsp3) is 1.00. The van der Waals surface area contributed by atoms with E-state index in [1.807, 2.05) is 0 Å². The molecule has 2 aliphatic rings. The van der Waals surface area contributed by atoms with E-state index < -0.39 is 0 Å². The first-order valence-corrected chi connectivity index (χ1v) is 9.67. The molecule has 0 amide bonds. The van der Waals surface area contributed by atoms with Crippen LogP contribution in [0.4, 0.5) is 0 Å². The first-order valence-electron chi connectivity index (χ1n) is 9.67. The molecule has 2 heteroatoms. The van der Waals surface area contributed by atoms with Crippen molar-refractivity contribution in [1.82, 2.24) is 5.32 Å². The average molecular weight is 296 g/mol. The van der Waals surface area contributed by atoms with Gasteiger partial charge in [0, 0.05) is 17.5 Å². The number of nitrogens with one attached hydrogen (secondary N) is 1. The molecule has 0 unspecified atom stereocenters. The lowest BCUT2D eigenvalue weighted by molar-refractivity contribution is -0.0257.